The lowest BCUT2D eigenvalue weighted by Crippen LogP contribution is -2.48. The molecule has 2 aromatic carbocycles. The fourth-order valence-corrected chi connectivity index (χ4v) is 5.23. The van der Waals surface area contributed by atoms with Gasteiger partial charge in [-0.1, -0.05) is 36.4 Å². The summed E-state index contributed by atoms with van der Waals surface area (Å²) in [6.07, 6.45) is 1.60. The van der Waals surface area contributed by atoms with Gasteiger partial charge in [0.05, 0.1) is 25.2 Å². The number of benzene rings is 2. The van der Waals surface area contributed by atoms with Crippen molar-refractivity contribution in [3.63, 3.8) is 0 Å². The van der Waals surface area contributed by atoms with Crippen molar-refractivity contribution in [1.29, 1.82) is 0 Å². The molecule has 2 atom stereocenters. The first-order chi connectivity index (χ1) is 17.1. The van der Waals surface area contributed by atoms with E-state index in [0.717, 1.165) is 48.2 Å². The molecule has 184 valence electrons. The van der Waals surface area contributed by atoms with Crippen molar-refractivity contribution in [2.75, 3.05) is 45.9 Å². The molecule has 2 aliphatic heterocycles. The topological polar surface area (TPSA) is 75.0 Å². The summed E-state index contributed by atoms with van der Waals surface area (Å²) < 4.78 is 11.4. The number of nitrogens with zero attached hydrogens (tertiary/aromatic N) is 2. The molecule has 1 N–H and O–H groups in total. The molecule has 0 bridgehead atoms. The Labute approximate surface area is 206 Å². The molecular formula is C28H33N3O4. The van der Waals surface area contributed by atoms with Crippen LogP contribution >= 0.6 is 0 Å². The molecule has 3 aromatic rings. The van der Waals surface area contributed by atoms with Crippen molar-refractivity contribution in [2.45, 2.75) is 25.8 Å². The van der Waals surface area contributed by atoms with Crippen LogP contribution in [0.5, 0.6) is 0 Å². The zero-order chi connectivity index (χ0) is 24.2. The van der Waals surface area contributed by atoms with Gasteiger partial charge < -0.3 is 19.4 Å². The molecule has 35 heavy (non-hydrogen) atoms. The molecular weight excluding hydrogens is 442 g/mol. The van der Waals surface area contributed by atoms with E-state index in [9.17, 15) is 9.59 Å². The lowest BCUT2D eigenvalue weighted by atomic mass is 9.95. The summed E-state index contributed by atoms with van der Waals surface area (Å²) >= 11 is 0. The Kier molecular flexibility index (Phi) is 7.16. The van der Waals surface area contributed by atoms with Crippen LogP contribution < -0.4 is 5.32 Å². The third kappa shape index (κ3) is 5.26. The average molecular weight is 476 g/mol. The van der Waals surface area contributed by atoms with E-state index >= 15 is 0 Å². The second-order valence-electron chi connectivity index (χ2n) is 9.47. The van der Waals surface area contributed by atoms with Crippen molar-refractivity contribution < 1.29 is 18.7 Å². The van der Waals surface area contributed by atoms with Crippen molar-refractivity contribution in [1.82, 2.24) is 15.1 Å². The van der Waals surface area contributed by atoms with Crippen LogP contribution in [0.25, 0.3) is 10.8 Å². The van der Waals surface area contributed by atoms with Crippen LogP contribution in [0.15, 0.2) is 59.0 Å². The Hall–Kier alpha value is -3.16. The van der Waals surface area contributed by atoms with Gasteiger partial charge in [0, 0.05) is 38.3 Å². The molecule has 0 spiro atoms. The van der Waals surface area contributed by atoms with Crippen molar-refractivity contribution in [3.8, 4) is 0 Å². The van der Waals surface area contributed by atoms with E-state index in [0.29, 0.717) is 38.4 Å². The number of nitrogens with one attached hydrogen (secondary N) is 1. The van der Waals surface area contributed by atoms with Crippen molar-refractivity contribution >= 4 is 22.6 Å². The van der Waals surface area contributed by atoms with Gasteiger partial charge in [-0.15, -0.1) is 0 Å². The highest BCUT2D eigenvalue weighted by Crippen LogP contribution is 2.26. The highest BCUT2D eigenvalue weighted by Gasteiger charge is 2.31. The molecule has 2 fully saturated rings. The molecule has 2 saturated heterocycles. The highest BCUT2D eigenvalue weighted by atomic mass is 16.5. The highest BCUT2D eigenvalue weighted by molar-refractivity contribution is 6.07. The number of hydrogen-bond donors (Lipinski definition) is 1. The summed E-state index contributed by atoms with van der Waals surface area (Å²) in [7, 11) is 0. The Balaban J connectivity index is 1.25. The van der Waals surface area contributed by atoms with Gasteiger partial charge in [-0.3, -0.25) is 14.5 Å². The first kappa shape index (κ1) is 23.6. The SMILES string of the molecule is Cc1ccc(C(CNC(=O)C2CCCN(C(=O)c3cccc4ccccc34)C2)N2CCOCC2)o1. The van der Waals surface area contributed by atoms with Gasteiger partial charge in [-0.05, 0) is 48.7 Å². The van der Waals surface area contributed by atoms with Crippen LogP contribution in [-0.2, 0) is 9.53 Å². The smallest absolute Gasteiger partial charge is 0.254 e. The molecule has 2 unspecified atom stereocenters. The van der Waals surface area contributed by atoms with Crippen LogP contribution in [0.2, 0.25) is 0 Å². The standard InChI is InChI=1S/C28H33N3O4/c1-20-11-12-26(35-20)25(30-14-16-34-17-15-30)18-29-27(32)22-8-5-13-31(19-22)28(33)24-10-4-7-21-6-2-3-9-23(21)24/h2-4,6-7,9-12,22,25H,5,8,13-19H2,1H3,(H,29,32). The number of hydrogen-bond acceptors (Lipinski definition) is 5. The Bertz CT molecular complexity index is 1180. The number of rotatable bonds is 6. The lowest BCUT2D eigenvalue weighted by molar-refractivity contribution is -0.126. The summed E-state index contributed by atoms with van der Waals surface area (Å²) in [6, 6.07) is 17.7. The number of amides is 2. The predicted octanol–water partition coefficient (Wildman–Crippen LogP) is 3.78. The Morgan fingerprint density at radius 1 is 1.03 bits per heavy atom. The second kappa shape index (κ2) is 10.6. The van der Waals surface area contributed by atoms with Crippen molar-refractivity contribution in [3.05, 3.63) is 71.7 Å². The Morgan fingerprint density at radius 2 is 1.83 bits per heavy atom. The summed E-state index contributed by atoms with van der Waals surface area (Å²) in [5.41, 5.74) is 0.699. The van der Waals surface area contributed by atoms with Gasteiger partial charge in [0.2, 0.25) is 5.91 Å². The molecule has 0 radical (unpaired) electrons. The first-order valence-electron chi connectivity index (χ1n) is 12.5. The maximum absolute atomic E-state index is 13.4. The number of likely N-dealkylation sites (tertiary alicyclic amines) is 1. The van der Waals surface area contributed by atoms with Crippen LogP contribution in [0.4, 0.5) is 0 Å². The maximum atomic E-state index is 13.4. The molecule has 7 heteroatoms. The third-order valence-corrected chi connectivity index (χ3v) is 7.15. The van der Waals surface area contributed by atoms with Crippen molar-refractivity contribution in [2.24, 2.45) is 5.92 Å². The van der Waals surface area contributed by atoms with E-state index in [2.05, 4.69) is 10.2 Å². The predicted molar refractivity (Wildman–Crippen MR) is 134 cm³/mol. The van der Waals surface area contributed by atoms with E-state index < -0.39 is 0 Å². The molecule has 5 rings (SSSR count). The van der Waals surface area contributed by atoms with Gasteiger partial charge in [-0.25, -0.2) is 0 Å². The van der Waals surface area contributed by atoms with Gasteiger partial charge in [0.1, 0.15) is 11.5 Å². The number of piperidine rings is 1. The molecule has 2 amide bonds. The fourth-order valence-electron chi connectivity index (χ4n) is 5.23. The van der Waals surface area contributed by atoms with Crippen LogP contribution in [-0.4, -0.2) is 67.6 Å². The summed E-state index contributed by atoms with van der Waals surface area (Å²) in [4.78, 5) is 30.8. The second-order valence-corrected chi connectivity index (χ2v) is 9.47. The summed E-state index contributed by atoms with van der Waals surface area (Å²) in [6.45, 7) is 6.48. The number of carbonyl (C=O) groups excluding carboxylic acids is 2. The molecule has 3 heterocycles. The Morgan fingerprint density at radius 3 is 2.63 bits per heavy atom. The molecule has 0 aliphatic carbocycles. The summed E-state index contributed by atoms with van der Waals surface area (Å²) in [5, 5.41) is 5.17. The average Bonchev–Trinajstić information content (AvgIpc) is 3.34. The quantitative estimate of drug-likeness (QED) is 0.587. The molecule has 1 aromatic heterocycles. The van der Waals surface area contributed by atoms with Gasteiger partial charge in [-0.2, -0.15) is 0 Å². The van der Waals surface area contributed by atoms with E-state index in [1.54, 1.807) is 0 Å². The minimum absolute atomic E-state index is 0.00181. The number of aryl methyl sites for hydroxylation is 1. The normalized spacial score (nSPS) is 20.0. The van der Waals surface area contributed by atoms with Gasteiger partial charge in [0.25, 0.3) is 5.91 Å². The van der Waals surface area contributed by atoms with Gasteiger partial charge >= 0.3 is 0 Å². The molecule has 2 aliphatic rings. The monoisotopic (exact) mass is 475 g/mol. The number of fused-ring (bicyclic) bond motifs is 1. The lowest BCUT2D eigenvalue weighted by Gasteiger charge is -2.35. The van der Waals surface area contributed by atoms with E-state index in [1.165, 1.54) is 0 Å². The maximum Gasteiger partial charge on any atom is 0.254 e. The largest absolute Gasteiger partial charge is 0.465 e. The number of carbonyl (C=O) groups is 2. The van der Waals surface area contributed by atoms with Crippen LogP contribution in [0, 0.1) is 12.8 Å². The van der Waals surface area contributed by atoms with Crippen LogP contribution in [0.3, 0.4) is 0 Å². The fraction of sp³-hybridized carbons (Fsp3) is 0.429. The van der Waals surface area contributed by atoms with E-state index in [1.807, 2.05) is 66.4 Å². The van der Waals surface area contributed by atoms with Crippen LogP contribution in [0.1, 0.15) is 40.8 Å². The number of furan rings is 1. The minimum atomic E-state index is -0.216. The van der Waals surface area contributed by atoms with E-state index in [-0.39, 0.29) is 23.8 Å². The zero-order valence-corrected chi connectivity index (χ0v) is 20.2. The van der Waals surface area contributed by atoms with E-state index in [4.69, 9.17) is 9.15 Å². The van der Waals surface area contributed by atoms with Gasteiger partial charge in [0.15, 0.2) is 0 Å². The summed E-state index contributed by atoms with van der Waals surface area (Å²) in [5.74, 6) is 1.51. The minimum Gasteiger partial charge on any atom is -0.465 e. The molecule has 0 saturated carbocycles. The molecule has 7 nitrogen and oxygen atoms in total. The zero-order valence-electron chi connectivity index (χ0n) is 20.2. The third-order valence-electron chi connectivity index (χ3n) is 7.15. The first-order valence-corrected chi connectivity index (χ1v) is 12.5. The number of morpholine rings is 1. The number of ether oxygens (including phenoxy) is 1.